The Labute approximate surface area is 166 Å². The molecule has 0 atom stereocenters. The second kappa shape index (κ2) is 8.68. The van der Waals surface area contributed by atoms with E-state index in [-0.39, 0.29) is 12.5 Å². The molecule has 3 aromatic carbocycles. The zero-order chi connectivity index (χ0) is 19.2. The Bertz CT molecular complexity index is 1000. The number of ether oxygens (including phenoxy) is 2. The van der Waals surface area contributed by atoms with E-state index in [1.54, 1.807) is 13.3 Å². The van der Waals surface area contributed by atoms with Crippen molar-refractivity contribution in [2.24, 2.45) is 5.10 Å². The summed E-state index contributed by atoms with van der Waals surface area (Å²) in [5, 5.41) is 6.12. The first-order valence-electron chi connectivity index (χ1n) is 8.35. The highest BCUT2D eigenvalue weighted by Gasteiger charge is 2.07. The highest BCUT2D eigenvalue weighted by molar-refractivity contribution is 9.10. The average Bonchev–Trinajstić information content (AvgIpc) is 2.67. The van der Waals surface area contributed by atoms with Gasteiger partial charge < -0.3 is 9.47 Å². The fourth-order valence-corrected chi connectivity index (χ4v) is 3.18. The molecule has 27 heavy (non-hydrogen) atoms. The molecule has 0 saturated carbocycles. The predicted molar refractivity (Wildman–Crippen MR) is 111 cm³/mol. The summed E-state index contributed by atoms with van der Waals surface area (Å²) >= 11 is 3.40. The van der Waals surface area contributed by atoms with Crippen molar-refractivity contribution in [3.05, 3.63) is 70.2 Å². The van der Waals surface area contributed by atoms with Gasteiger partial charge >= 0.3 is 0 Å². The van der Waals surface area contributed by atoms with E-state index in [1.165, 1.54) is 0 Å². The maximum atomic E-state index is 12.0. The molecule has 6 heteroatoms. The van der Waals surface area contributed by atoms with Gasteiger partial charge in [0, 0.05) is 10.0 Å². The Morgan fingerprint density at radius 3 is 2.70 bits per heavy atom. The molecule has 0 aromatic heterocycles. The molecule has 0 spiro atoms. The number of rotatable bonds is 6. The molecule has 3 rings (SSSR count). The second-order valence-corrected chi connectivity index (χ2v) is 6.81. The van der Waals surface area contributed by atoms with Gasteiger partial charge in [-0.15, -0.1) is 0 Å². The molecular weight excluding hydrogens is 408 g/mol. The van der Waals surface area contributed by atoms with Gasteiger partial charge in [0.15, 0.2) is 6.61 Å². The van der Waals surface area contributed by atoms with Crippen LogP contribution < -0.4 is 14.9 Å². The van der Waals surface area contributed by atoms with Crippen molar-refractivity contribution < 1.29 is 14.3 Å². The van der Waals surface area contributed by atoms with E-state index in [9.17, 15) is 4.79 Å². The van der Waals surface area contributed by atoms with E-state index in [0.29, 0.717) is 11.5 Å². The zero-order valence-electron chi connectivity index (χ0n) is 15.0. The van der Waals surface area contributed by atoms with Crippen LogP contribution in [-0.2, 0) is 4.79 Å². The number of hydrazone groups is 1. The molecule has 1 amide bonds. The minimum Gasteiger partial charge on any atom is -0.496 e. The molecule has 0 saturated heterocycles. The lowest BCUT2D eigenvalue weighted by Gasteiger charge is -2.09. The topological polar surface area (TPSA) is 59.9 Å². The van der Waals surface area contributed by atoms with Gasteiger partial charge in [-0.25, -0.2) is 5.43 Å². The van der Waals surface area contributed by atoms with Crippen LogP contribution in [0.1, 0.15) is 11.1 Å². The lowest BCUT2D eigenvalue weighted by atomic mass is 10.0. The number of hydrogen-bond donors (Lipinski definition) is 1. The SMILES string of the molecule is COc1ccc2ccccc2c1C=NNC(=O)COc1ccc(Br)cc1C. The maximum absolute atomic E-state index is 12.0. The fraction of sp³-hybridized carbons (Fsp3) is 0.143. The highest BCUT2D eigenvalue weighted by atomic mass is 79.9. The first kappa shape index (κ1) is 18.9. The maximum Gasteiger partial charge on any atom is 0.277 e. The van der Waals surface area contributed by atoms with Gasteiger partial charge in [0.25, 0.3) is 5.91 Å². The Kier molecular flexibility index (Phi) is 6.08. The van der Waals surface area contributed by atoms with Crippen molar-refractivity contribution in [2.75, 3.05) is 13.7 Å². The van der Waals surface area contributed by atoms with Crippen LogP contribution in [0.2, 0.25) is 0 Å². The second-order valence-electron chi connectivity index (χ2n) is 5.89. The van der Waals surface area contributed by atoms with Crippen molar-refractivity contribution in [1.82, 2.24) is 5.43 Å². The van der Waals surface area contributed by atoms with Crippen molar-refractivity contribution in [2.45, 2.75) is 6.92 Å². The van der Waals surface area contributed by atoms with Crippen molar-refractivity contribution >= 4 is 38.8 Å². The molecule has 0 aliphatic carbocycles. The molecular formula is C21H19BrN2O3. The van der Waals surface area contributed by atoms with Gasteiger partial charge in [-0.1, -0.05) is 46.3 Å². The average molecular weight is 427 g/mol. The summed E-state index contributed by atoms with van der Waals surface area (Å²) < 4.78 is 11.9. The number of carbonyl (C=O) groups is 1. The Morgan fingerprint density at radius 1 is 1.15 bits per heavy atom. The number of methoxy groups -OCH3 is 1. The van der Waals surface area contributed by atoms with Crippen LogP contribution in [0.15, 0.2) is 64.2 Å². The van der Waals surface area contributed by atoms with Gasteiger partial charge in [-0.05, 0) is 47.5 Å². The Morgan fingerprint density at radius 2 is 1.93 bits per heavy atom. The molecule has 1 N–H and O–H groups in total. The largest absolute Gasteiger partial charge is 0.496 e. The summed E-state index contributed by atoms with van der Waals surface area (Å²) in [6, 6.07) is 17.4. The molecule has 0 heterocycles. The van der Waals surface area contributed by atoms with Crippen LogP contribution in [0.3, 0.4) is 0 Å². The highest BCUT2D eigenvalue weighted by Crippen LogP contribution is 2.26. The van der Waals surface area contributed by atoms with Crippen LogP contribution in [0.25, 0.3) is 10.8 Å². The number of carbonyl (C=O) groups excluding carboxylic acids is 1. The van der Waals surface area contributed by atoms with Gasteiger partial charge in [0.1, 0.15) is 11.5 Å². The summed E-state index contributed by atoms with van der Waals surface area (Å²) in [5.41, 5.74) is 4.24. The number of aryl methyl sites for hydroxylation is 1. The number of nitrogens with one attached hydrogen (secondary N) is 1. The number of fused-ring (bicyclic) bond motifs is 1. The summed E-state index contributed by atoms with van der Waals surface area (Å²) in [7, 11) is 1.61. The van der Waals surface area contributed by atoms with E-state index in [4.69, 9.17) is 9.47 Å². The van der Waals surface area contributed by atoms with Crippen LogP contribution >= 0.6 is 15.9 Å². The number of halogens is 1. The third-order valence-electron chi connectivity index (χ3n) is 4.03. The first-order chi connectivity index (χ1) is 13.1. The van der Waals surface area contributed by atoms with E-state index in [2.05, 4.69) is 26.5 Å². The molecule has 0 fully saturated rings. The van der Waals surface area contributed by atoms with E-state index >= 15 is 0 Å². The molecule has 138 valence electrons. The number of nitrogens with zero attached hydrogens (tertiary/aromatic N) is 1. The summed E-state index contributed by atoms with van der Waals surface area (Å²) in [5.74, 6) is 1.01. The predicted octanol–water partition coefficient (Wildman–Crippen LogP) is 4.45. The number of benzene rings is 3. The molecule has 0 aliphatic heterocycles. The number of hydrogen-bond acceptors (Lipinski definition) is 4. The summed E-state index contributed by atoms with van der Waals surface area (Å²) in [6.45, 7) is 1.80. The van der Waals surface area contributed by atoms with Crippen molar-refractivity contribution in [1.29, 1.82) is 0 Å². The van der Waals surface area contributed by atoms with E-state index < -0.39 is 0 Å². The lowest BCUT2D eigenvalue weighted by molar-refractivity contribution is -0.123. The first-order valence-corrected chi connectivity index (χ1v) is 9.14. The van der Waals surface area contributed by atoms with E-state index in [0.717, 1.165) is 26.4 Å². The minimum atomic E-state index is -0.340. The van der Waals surface area contributed by atoms with Crippen molar-refractivity contribution in [3.63, 3.8) is 0 Å². The van der Waals surface area contributed by atoms with Gasteiger partial charge in [0.2, 0.25) is 0 Å². The van der Waals surface area contributed by atoms with E-state index in [1.807, 2.05) is 61.5 Å². The monoisotopic (exact) mass is 426 g/mol. The van der Waals surface area contributed by atoms with Gasteiger partial charge in [-0.2, -0.15) is 5.10 Å². The molecule has 5 nitrogen and oxygen atoms in total. The molecule has 3 aromatic rings. The fourth-order valence-electron chi connectivity index (χ4n) is 2.71. The normalized spacial score (nSPS) is 10.9. The standard InChI is InChI=1S/C21H19BrN2O3/c1-14-11-16(22)8-10-19(14)27-13-21(25)24-23-12-18-17-6-4-3-5-15(17)7-9-20(18)26-2/h3-12H,13H2,1-2H3,(H,24,25). The van der Waals surface area contributed by atoms with Crippen LogP contribution in [0.5, 0.6) is 11.5 Å². The van der Waals surface area contributed by atoms with Crippen LogP contribution in [-0.4, -0.2) is 25.8 Å². The summed E-state index contributed by atoms with van der Waals surface area (Å²) in [6.07, 6.45) is 1.59. The third kappa shape index (κ3) is 4.65. The zero-order valence-corrected chi connectivity index (χ0v) is 16.6. The Balaban J connectivity index is 1.66. The smallest absolute Gasteiger partial charge is 0.277 e. The van der Waals surface area contributed by atoms with Gasteiger partial charge in [-0.3, -0.25) is 4.79 Å². The number of amides is 1. The van der Waals surface area contributed by atoms with Crippen LogP contribution in [0.4, 0.5) is 0 Å². The summed E-state index contributed by atoms with van der Waals surface area (Å²) in [4.78, 5) is 12.0. The van der Waals surface area contributed by atoms with Gasteiger partial charge in [0.05, 0.1) is 13.3 Å². The molecule has 0 aliphatic rings. The molecule has 0 unspecified atom stereocenters. The minimum absolute atomic E-state index is 0.119. The quantitative estimate of drug-likeness (QED) is 0.467. The third-order valence-corrected chi connectivity index (χ3v) is 4.52. The molecule has 0 radical (unpaired) electrons. The van der Waals surface area contributed by atoms with Crippen LogP contribution in [0, 0.1) is 6.92 Å². The Hall–Kier alpha value is -2.86. The van der Waals surface area contributed by atoms with Crippen molar-refractivity contribution in [3.8, 4) is 11.5 Å². The molecule has 0 bridgehead atoms. The lowest BCUT2D eigenvalue weighted by Crippen LogP contribution is -2.24.